The van der Waals surface area contributed by atoms with Crippen LogP contribution < -0.4 is 20.3 Å². The van der Waals surface area contributed by atoms with E-state index in [0.717, 1.165) is 4.31 Å². The highest BCUT2D eigenvalue weighted by molar-refractivity contribution is 7.92. The molecular weight excluding hydrogens is 358 g/mol. The van der Waals surface area contributed by atoms with Crippen molar-refractivity contribution in [1.82, 2.24) is 5.48 Å². The first-order valence-corrected chi connectivity index (χ1v) is 9.23. The van der Waals surface area contributed by atoms with E-state index in [1.165, 1.54) is 42.9 Å². The molecule has 9 heteroatoms. The molecule has 1 amide bonds. The van der Waals surface area contributed by atoms with Gasteiger partial charge in [-0.2, -0.15) is 0 Å². The van der Waals surface area contributed by atoms with Gasteiger partial charge >= 0.3 is 0 Å². The van der Waals surface area contributed by atoms with Crippen LogP contribution in [-0.2, 0) is 10.0 Å². The number of nitrogens with zero attached hydrogens (tertiary/aromatic N) is 1. The lowest BCUT2D eigenvalue weighted by molar-refractivity contribution is 0.0707. The molecular formula is C17H21N3O5S. The predicted octanol–water partition coefficient (Wildman–Crippen LogP) is 1.28. The number of ether oxygens (including phenoxy) is 1. The molecule has 0 saturated carbocycles. The summed E-state index contributed by atoms with van der Waals surface area (Å²) in [5, 5.41) is 8.92. The van der Waals surface area contributed by atoms with Crippen LogP contribution in [0.5, 0.6) is 5.75 Å². The Kier molecular flexibility index (Phi) is 6.19. The van der Waals surface area contributed by atoms with E-state index in [0.29, 0.717) is 24.5 Å². The molecule has 0 radical (unpaired) electrons. The van der Waals surface area contributed by atoms with Gasteiger partial charge in [-0.1, -0.05) is 12.1 Å². The number of nitrogens with two attached hydrogens (primary N) is 1. The SMILES string of the molecule is Cc1cccc(C(=O)NO)c1N(C)S(=O)(=O)c1ccc(OCCN)cc1. The Morgan fingerprint density at radius 1 is 1.23 bits per heavy atom. The number of hydrogen-bond acceptors (Lipinski definition) is 6. The second kappa shape index (κ2) is 8.17. The van der Waals surface area contributed by atoms with Gasteiger partial charge in [0.05, 0.1) is 16.1 Å². The molecule has 0 atom stereocenters. The van der Waals surface area contributed by atoms with E-state index in [9.17, 15) is 13.2 Å². The van der Waals surface area contributed by atoms with Gasteiger partial charge in [-0.05, 0) is 42.8 Å². The highest BCUT2D eigenvalue weighted by Crippen LogP contribution is 2.29. The molecule has 26 heavy (non-hydrogen) atoms. The fourth-order valence-electron chi connectivity index (χ4n) is 2.48. The standard InChI is InChI=1S/C17H21N3O5S/c1-12-4-3-5-15(17(21)19-22)16(12)20(2)26(23,24)14-8-6-13(7-9-14)25-11-10-18/h3-9,22H,10-11,18H2,1-2H3,(H,19,21). The summed E-state index contributed by atoms with van der Waals surface area (Å²) < 4.78 is 32.2. The quantitative estimate of drug-likeness (QED) is 0.492. The van der Waals surface area contributed by atoms with Crippen LogP contribution >= 0.6 is 0 Å². The monoisotopic (exact) mass is 379 g/mol. The number of nitrogens with one attached hydrogen (secondary N) is 1. The van der Waals surface area contributed by atoms with E-state index < -0.39 is 15.9 Å². The van der Waals surface area contributed by atoms with E-state index in [2.05, 4.69) is 0 Å². The Bertz CT molecular complexity index is 882. The van der Waals surface area contributed by atoms with Crippen molar-refractivity contribution < 1.29 is 23.2 Å². The molecule has 0 aliphatic rings. The average molecular weight is 379 g/mol. The van der Waals surface area contributed by atoms with E-state index in [1.54, 1.807) is 19.1 Å². The predicted molar refractivity (Wildman–Crippen MR) is 97.0 cm³/mol. The normalized spacial score (nSPS) is 11.1. The van der Waals surface area contributed by atoms with E-state index in [4.69, 9.17) is 15.7 Å². The van der Waals surface area contributed by atoms with Gasteiger partial charge in [0.25, 0.3) is 15.9 Å². The van der Waals surface area contributed by atoms with Crippen LogP contribution in [0, 0.1) is 6.92 Å². The number of hydrogen-bond donors (Lipinski definition) is 3. The van der Waals surface area contributed by atoms with Crippen molar-refractivity contribution in [2.24, 2.45) is 5.73 Å². The van der Waals surface area contributed by atoms with Crippen molar-refractivity contribution in [1.29, 1.82) is 0 Å². The van der Waals surface area contributed by atoms with E-state index >= 15 is 0 Å². The van der Waals surface area contributed by atoms with Crippen LogP contribution in [0.25, 0.3) is 0 Å². The summed E-state index contributed by atoms with van der Waals surface area (Å²) in [6, 6.07) is 10.6. The minimum Gasteiger partial charge on any atom is -0.492 e. The number of rotatable bonds is 7. The van der Waals surface area contributed by atoms with E-state index in [-0.39, 0.29) is 16.1 Å². The third kappa shape index (κ3) is 3.96. The molecule has 0 heterocycles. The molecule has 140 valence electrons. The maximum absolute atomic E-state index is 12.9. The number of hydroxylamine groups is 1. The summed E-state index contributed by atoms with van der Waals surface area (Å²) in [6.45, 7) is 2.36. The lowest BCUT2D eigenvalue weighted by Gasteiger charge is -2.23. The summed E-state index contributed by atoms with van der Waals surface area (Å²) in [5.74, 6) is -0.287. The van der Waals surface area contributed by atoms with Gasteiger partial charge in [0.15, 0.2) is 0 Å². The van der Waals surface area contributed by atoms with Crippen LogP contribution in [0.15, 0.2) is 47.4 Å². The molecule has 0 aliphatic carbocycles. The number of sulfonamides is 1. The van der Waals surface area contributed by atoms with Gasteiger partial charge in [-0.15, -0.1) is 0 Å². The molecule has 4 N–H and O–H groups in total. The molecule has 0 spiro atoms. The number of para-hydroxylation sites is 1. The number of benzene rings is 2. The Morgan fingerprint density at radius 3 is 2.46 bits per heavy atom. The minimum absolute atomic E-state index is 0.0405. The molecule has 2 aromatic carbocycles. The maximum Gasteiger partial charge on any atom is 0.276 e. The van der Waals surface area contributed by atoms with Gasteiger partial charge in [0.2, 0.25) is 0 Å². The van der Waals surface area contributed by atoms with Crippen molar-refractivity contribution in [3.05, 3.63) is 53.6 Å². The van der Waals surface area contributed by atoms with Crippen LogP contribution in [0.4, 0.5) is 5.69 Å². The largest absolute Gasteiger partial charge is 0.492 e. The summed E-state index contributed by atoms with van der Waals surface area (Å²) in [5.41, 5.74) is 7.70. The second-order valence-corrected chi connectivity index (χ2v) is 7.46. The summed E-state index contributed by atoms with van der Waals surface area (Å²) in [4.78, 5) is 11.9. The molecule has 0 aliphatic heterocycles. The zero-order valence-electron chi connectivity index (χ0n) is 14.5. The van der Waals surface area contributed by atoms with E-state index in [1.807, 2.05) is 0 Å². The number of carbonyl (C=O) groups is 1. The third-order valence-electron chi connectivity index (χ3n) is 3.77. The Hall–Kier alpha value is -2.62. The van der Waals surface area contributed by atoms with Crippen LogP contribution in [-0.4, -0.2) is 39.7 Å². The number of aryl methyl sites for hydroxylation is 1. The van der Waals surface area contributed by atoms with Crippen molar-refractivity contribution in [2.45, 2.75) is 11.8 Å². The molecule has 2 aromatic rings. The van der Waals surface area contributed by atoms with Crippen molar-refractivity contribution in [2.75, 3.05) is 24.5 Å². The second-order valence-electron chi connectivity index (χ2n) is 5.49. The topological polar surface area (TPSA) is 122 Å². The average Bonchev–Trinajstić information content (AvgIpc) is 2.65. The summed E-state index contributed by atoms with van der Waals surface area (Å²) in [6.07, 6.45) is 0. The van der Waals surface area contributed by atoms with Crippen molar-refractivity contribution in [3.63, 3.8) is 0 Å². The maximum atomic E-state index is 12.9. The smallest absolute Gasteiger partial charge is 0.276 e. The lowest BCUT2D eigenvalue weighted by Crippen LogP contribution is -2.30. The summed E-state index contributed by atoms with van der Waals surface area (Å²) in [7, 11) is -2.57. The van der Waals surface area contributed by atoms with Gasteiger partial charge in [-0.3, -0.25) is 14.3 Å². The fourth-order valence-corrected chi connectivity index (χ4v) is 3.76. The van der Waals surface area contributed by atoms with Gasteiger partial charge in [0.1, 0.15) is 12.4 Å². The van der Waals surface area contributed by atoms with Gasteiger partial charge in [-0.25, -0.2) is 13.9 Å². The molecule has 0 aromatic heterocycles. The Labute approximate surface area is 152 Å². The number of anilines is 1. The van der Waals surface area contributed by atoms with Gasteiger partial charge < -0.3 is 10.5 Å². The Morgan fingerprint density at radius 2 is 1.88 bits per heavy atom. The Balaban J connectivity index is 2.42. The zero-order valence-corrected chi connectivity index (χ0v) is 15.3. The van der Waals surface area contributed by atoms with Crippen molar-refractivity contribution in [3.8, 4) is 5.75 Å². The first kappa shape index (κ1) is 19.7. The zero-order chi connectivity index (χ0) is 19.3. The third-order valence-corrected chi connectivity index (χ3v) is 5.54. The number of carbonyl (C=O) groups excluding carboxylic acids is 1. The minimum atomic E-state index is -3.92. The molecule has 0 saturated heterocycles. The fraction of sp³-hybridized carbons (Fsp3) is 0.235. The van der Waals surface area contributed by atoms with Crippen LogP contribution in [0.1, 0.15) is 15.9 Å². The first-order chi connectivity index (χ1) is 12.3. The molecule has 0 fully saturated rings. The summed E-state index contributed by atoms with van der Waals surface area (Å²) >= 11 is 0. The van der Waals surface area contributed by atoms with Crippen LogP contribution in [0.3, 0.4) is 0 Å². The molecule has 2 rings (SSSR count). The molecule has 0 unspecified atom stereocenters. The molecule has 0 bridgehead atoms. The van der Waals surface area contributed by atoms with Crippen molar-refractivity contribution >= 4 is 21.6 Å². The molecule has 8 nitrogen and oxygen atoms in total. The lowest BCUT2D eigenvalue weighted by atomic mass is 10.1. The number of amides is 1. The highest BCUT2D eigenvalue weighted by atomic mass is 32.2. The highest BCUT2D eigenvalue weighted by Gasteiger charge is 2.26. The van der Waals surface area contributed by atoms with Crippen LogP contribution in [0.2, 0.25) is 0 Å². The van der Waals surface area contributed by atoms with Gasteiger partial charge in [0, 0.05) is 13.6 Å². The first-order valence-electron chi connectivity index (χ1n) is 7.79.